The third kappa shape index (κ3) is 28.5. The number of thiophene rings is 1. The van der Waals surface area contributed by atoms with Gasteiger partial charge in [-0.05, 0) is 101 Å². The Morgan fingerprint density at radius 2 is 1.08 bits per heavy atom. The fourth-order valence-corrected chi connectivity index (χ4v) is 7.98. The van der Waals surface area contributed by atoms with Crippen molar-refractivity contribution in [2.24, 2.45) is 11.8 Å². The van der Waals surface area contributed by atoms with Crippen LogP contribution in [0.2, 0.25) is 0 Å². The molecule has 1 atom stereocenters. The van der Waals surface area contributed by atoms with Gasteiger partial charge in [0.2, 0.25) is 0 Å². The summed E-state index contributed by atoms with van der Waals surface area (Å²) in [6, 6.07) is 35.1. The van der Waals surface area contributed by atoms with Gasteiger partial charge in [-0.2, -0.15) is 0 Å². The van der Waals surface area contributed by atoms with E-state index >= 15 is 0 Å². The summed E-state index contributed by atoms with van der Waals surface area (Å²) >= 11 is 3.55. The summed E-state index contributed by atoms with van der Waals surface area (Å²) in [7, 11) is 0. The predicted molar refractivity (Wildman–Crippen MR) is 335 cm³/mol. The van der Waals surface area contributed by atoms with Crippen LogP contribution >= 0.6 is 22.7 Å². The number of fused-ring (bicyclic) bond motifs is 2. The van der Waals surface area contributed by atoms with Crippen molar-refractivity contribution < 1.29 is 4.74 Å². The van der Waals surface area contributed by atoms with Crippen LogP contribution in [-0.4, -0.2) is 43.1 Å². The molecule has 8 aromatic rings. The highest BCUT2D eigenvalue weighted by atomic mass is 32.1. The van der Waals surface area contributed by atoms with Gasteiger partial charge in [-0.3, -0.25) is 15.0 Å². The van der Waals surface area contributed by atoms with Gasteiger partial charge in [0, 0.05) is 82.0 Å². The molecule has 0 saturated carbocycles. The lowest BCUT2D eigenvalue weighted by molar-refractivity contribution is 0.176. The van der Waals surface area contributed by atoms with E-state index in [4.69, 9.17) is 4.74 Å². The van der Waals surface area contributed by atoms with Crippen LogP contribution in [0.25, 0.3) is 21.7 Å². The summed E-state index contributed by atoms with van der Waals surface area (Å²) in [5, 5.41) is 9.13. The standard InChI is InChI=1S/2C12H13N.C8H11N.C7H10N2.C7H14O.C7H10S.C6H9NS.6CH4/c1-9(2)11-8-7-10-5-3-4-6-12(10)13-11;1-9(2)12-11-6-4-3-5-10(11)7-8-13-12;1-7(2)8-5-3-4-6-9-8;1-6(2)7-3-4-8-5-9-7;1-6(2)7-3-4-8-5-7;1-6(2)7-4-3-5-8-7;1-5(2)6-7-3-4-8-6;;;;;;/h2*3-9H,1-2H3;3-7H,1-2H3;3-6H,1-2H3;6-7H,3-5H2,1-2H3;3-6H,1-2H3;3-5H,1-2H3;6*1H4. The molecule has 0 spiro atoms. The van der Waals surface area contributed by atoms with Gasteiger partial charge in [0.25, 0.3) is 0 Å². The number of aromatic nitrogens is 6. The highest BCUT2D eigenvalue weighted by molar-refractivity contribution is 7.10. The number of benzene rings is 2. The van der Waals surface area contributed by atoms with E-state index in [1.165, 1.54) is 43.9 Å². The van der Waals surface area contributed by atoms with Gasteiger partial charge in [-0.25, -0.2) is 15.0 Å². The molecule has 1 unspecified atom stereocenters. The van der Waals surface area contributed by atoms with Crippen LogP contribution in [0.5, 0.6) is 0 Å². The Hall–Kier alpha value is -5.22. The molecule has 9 rings (SSSR count). The highest BCUT2D eigenvalue weighted by Gasteiger charge is 2.18. The first-order valence-corrected chi connectivity index (χ1v) is 26.2. The molecule has 0 aliphatic carbocycles. The summed E-state index contributed by atoms with van der Waals surface area (Å²) in [4.78, 5) is 26.7. The van der Waals surface area contributed by atoms with Gasteiger partial charge in [-0.1, -0.05) is 202 Å². The van der Waals surface area contributed by atoms with E-state index in [9.17, 15) is 0 Å². The zero-order chi connectivity index (χ0) is 49.8. The molecular formula is C65H104N6OS2. The topological polar surface area (TPSA) is 86.6 Å². The molecule has 1 fully saturated rings. The second-order valence-corrected chi connectivity index (χ2v) is 20.8. The second-order valence-electron chi connectivity index (χ2n) is 18.9. The maximum absolute atomic E-state index is 5.22. The van der Waals surface area contributed by atoms with E-state index in [1.54, 1.807) is 23.9 Å². The van der Waals surface area contributed by atoms with Crippen LogP contribution in [0.1, 0.15) is 216 Å². The molecule has 7 heterocycles. The highest BCUT2D eigenvalue weighted by Crippen LogP contribution is 2.23. The lowest BCUT2D eigenvalue weighted by Gasteiger charge is -2.09. The number of pyridine rings is 3. The second kappa shape index (κ2) is 42.1. The first kappa shape index (κ1) is 75.3. The van der Waals surface area contributed by atoms with Crippen LogP contribution in [0, 0.1) is 11.8 Å². The largest absolute Gasteiger partial charge is 0.381 e. The van der Waals surface area contributed by atoms with E-state index < -0.39 is 0 Å². The van der Waals surface area contributed by atoms with Crippen molar-refractivity contribution >= 4 is 44.3 Å². The van der Waals surface area contributed by atoms with Crippen molar-refractivity contribution in [1.82, 2.24) is 29.9 Å². The van der Waals surface area contributed by atoms with Gasteiger partial charge in [0.15, 0.2) is 0 Å². The van der Waals surface area contributed by atoms with Crippen LogP contribution in [-0.2, 0) is 4.74 Å². The maximum Gasteiger partial charge on any atom is 0.115 e. The molecule has 0 radical (unpaired) electrons. The fraction of sp³-hybridized carbons (Fsp3) is 0.477. The number of thiazole rings is 1. The third-order valence-electron chi connectivity index (χ3n) is 10.9. The van der Waals surface area contributed by atoms with Gasteiger partial charge in [0.05, 0.1) is 16.2 Å². The van der Waals surface area contributed by atoms with Gasteiger partial charge < -0.3 is 4.74 Å². The van der Waals surface area contributed by atoms with E-state index in [-0.39, 0.29) is 44.6 Å². The number of hydrogen-bond donors (Lipinski definition) is 0. The number of nitrogens with zero attached hydrogens (tertiary/aromatic N) is 6. The van der Waals surface area contributed by atoms with Crippen LogP contribution < -0.4 is 0 Å². The number of rotatable bonds is 7. The molecule has 9 heteroatoms. The summed E-state index contributed by atoms with van der Waals surface area (Å²) in [5.74, 6) is 5.01. The minimum Gasteiger partial charge on any atom is -0.381 e. The van der Waals surface area contributed by atoms with Crippen molar-refractivity contribution in [3.8, 4) is 0 Å². The van der Waals surface area contributed by atoms with Crippen molar-refractivity contribution in [3.05, 3.63) is 178 Å². The summed E-state index contributed by atoms with van der Waals surface area (Å²) < 4.78 is 5.22. The predicted octanol–water partition coefficient (Wildman–Crippen LogP) is 21.2. The molecular weight excluding hydrogens is 945 g/mol. The van der Waals surface area contributed by atoms with Gasteiger partial charge in [-0.15, -0.1) is 22.7 Å². The Balaban J connectivity index is -0.000000385. The Labute approximate surface area is 462 Å². The minimum atomic E-state index is 0. The Morgan fingerprint density at radius 3 is 1.50 bits per heavy atom. The van der Waals surface area contributed by atoms with E-state index in [2.05, 4.69) is 199 Å². The molecule has 6 aromatic heterocycles. The lowest BCUT2D eigenvalue weighted by atomic mass is 9.96. The Morgan fingerprint density at radius 1 is 0.459 bits per heavy atom. The Kier molecular flexibility index (Phi) is 42.8. The summed E-state index contributed by atoms with van der Waals surface area (Å²) in [6.07, 6.45) is 10.2. The van der Waals surface area contributed by atoms with Crippen molar-refractivity contribution in [1.29, 1.82) is 0 Å². The molecule has 0 bridgehead atoms. The molecule has 1 aliphatic heterocycles. The van der Waals surface area contributed by atoms with E-state index in [1.807, 2.05) is 71.7 Å². The zero-order valence-corrected chi connectivity index (χ0v) is 45.1. The zero-order valence-electron chi connectivity index (χ0n) is 43.5. The smallest absolute Gasteiger partial charge is 0.115 e. The number of ether oxygens (including phenoxy) is 1. The molecule has 0 N–H and O–H groups in total. The SMILES string of the molecule is C.C.C.C.C.C.CC(C)C1CCOC1.CC(C)c1ccc2ccccc2n1.CC(C)c1ccccn1.CC(C)c1cccs1.CC(C)c1ccncn1.CC(C)c1nccc2ccccc12.CC(C)c1nccs1. The fourth-order valence-electron chi connectivity index (χ4n) is 6.58. The van der Waals surface area contributed by atoms with Crippen molar-refractivity contribution in [2.45, 2.75) is 183 Å². The van der Waals surface area contributed by atoms with Crippen LogP contribution in [0.15, 0.2) is 145 Å². The molecule has 1 saturated heterocycles. The van der Waals surface area contributed by atoms with Crippen LogP contribution in [0.3, 0.4) is 0 Å². The van der Waals surface area contributed by atoms with Crippen LogP contribution in [0.4, 0.5) is 0 Å². The quantitative estimate of drug-likeness (QED) is 0.157. The molecule has 1 aliphatic rings. The summed E-state index contributed by atoms with van der Waals surface area (Å²) in [6.45, 7) is 32.4. The average molecular weight is 1050 g/mol. The van der Waals surface area contributed by atoms with E-state index in [0.29, 0.717) is 35.5 Å². The lowest BCUT2D eigenvalue weighted by Crippen LogP contribution is -2.06. The summed E-state index contributed by atoms with van der Waals surface area (Å²) in [5.41, 5.74) is 5.72. The van der Waals surface area contributed by atoms with Crippen molar-refractivity contribution in [2.75, 3.05) is 13.2 Å². The van der Waals surface area contributed by atoms with E-state index in [0.717, 1.165) is 42.0 Å². The average Bonchev–Trinajstić information content (AvgIpc) is 4.19. The van der Waals surface area contributed by atoms with Gasteiger partial charge >= 0.3 is 0 Å². The third-order valence-corrected chi connectivity index (χ3v) is 13.2. The van der Waals surface area contributed by atoms with Gasteiger partial charge in [0.1, 0.15) is 6.33 Å². The maximum atomic E-state index is 5.22. The molecule has 0 amide bonds. The number of para-hydroxylation sites is 1. The molecule has 7 nitrogen and oxygen atoms in total. The minimum absolute atomic E-state index is 0. The monoisotopic (exact) mass is 1050 g/mol. The number of hydrogen-bond acceptors (Lipinski definition) is 9. The first-order valence-electron chi connectivity index (χ1n) is 24.4. The normalized spacial score (nSPS) is 11.8. The Bertz CT molecular complexity index is 2370. The molecule has 74 heavy (non-hydrogen) atoms. The molecule has 2 aromatic carbocycles. The van der Waals surface area contributed by atoms with Crippen molar-refractivity contribution in [3.63, 3.8) is 0 Å². The first-order chi connectivity index (χ1) is 32.6. The molecule has 412 valence electrons.